The number of aryl methyl sites for hydroxylation is 2. The molecule has 3 aromatic rings. The molecule has 114 valence electrons. The second kappa shape index (κ2) is 5.58. The summed E-state index contributed by atoms with van der Waals surface area (Å²) in [6, 6.07) is 21.3. The molecule has 3 aromatic carbocycles. The fourth-order valence-electron chi connectivity index (χ4n) is 3.49. The molecule has 1 heteroatoms. The summed E-state index contributed by atoms with van der Waals surface area (Å²) in [6.45, 7) is 4.41. The monoisotopic (exact) mass is 300 g/mol. The van der Waals surface area contributed by atoms with E-state index < -0.39 is 0 Å². The molecule has 0 radical (unpaired) electrons. The van der Waals surface area contributed by atoms with Crippen LogP contribution in [0.4, 0.5) is 0 Å². The van der Waals surface area contributed by atoms with Gasteiger partial charge in [-0.2, -0.15) is 0 Å². The predicted octanol–water partition coefficient (Wildman–Crippen LogP) is 5.92. The van der Waals surface area contributed by atoms with Gasteiger partial charge in [0.25, 0.3) is 0 Å². The molecule has 1 nitrogen and oxygen atoms in total. The summed E-state index contributed by atoms with van der Waals surface area (Å²) in [5.41, 5.74) is 7.97. The van der Waals surface area contributed by atoms with Crippen LogP contribution in [-0.2, 0) is 12.8 Å². The average molecular weight is 300 g/mol. The molecule has 0 aromatic heterocycles. The largest absolute Gasteiger partial charge is 0.457 e. The van der Waals surface area contributed by atoms with Crippen molar-refractivity contribution >= 4 is 0 Å². The highest BCUT2D eigenvalue weighted by molar-refractivity contribution is 5.77. The first-order chi connectivity index (χ1) is 11.3. The molecule has 0 spiro atoms. The van der Waals surface area contributed by atoms with Gasteiger partial charge in [0.1, 0.15) is 11.5 Å². The lowest BCUT2D eigenvalue weighted by atomic mass is 9.86. The van der Waals surface area contributed by atoms with Gasteiger partial charge in [-0.05, 0) is 53.3 Å². The fraction of sp³-hybridized carbons (Fsp3) is 0.182. The summed E-state index contributed by atoms with van der Waals surface area (Å²) in [6.07, 6.45) is 1.96. The van der Waals surface area contributed by atoms with Crippen molar-refractivity contribution in [1.82, 2.24) is 0 Å². The Morgan fingerprint density at radius 3 is 2.48 bits per heavy atom. The quantitative estimate of drug-likeness (QED) is 0.446. The zero-order valence-corrected chi connectivity index (χ0v) is 13.6. The average Bonchev–Trinajstić information content (AvgIpc) is 2.59. The third-order valence-electron chi connectivity index (χ3n) is 4.71. The smallest absolute Gasteiger partial charge is 0.131 e. The fourth-order valence-corrected chi connectivity index (χ4v) is 3.49. The zero-order valence-electron chi connectivity index (χ0n) is 13.6. The lowest BCUT2D eigenvalue weighted by molar-refractivity contribution is 0.460. The first-order valence-corrected chi connectivity index (χ1v) is 8.24. The van der Waals surface area contributed by atoms with E-state index in [-0.39, 0.29) is 0 Å². The molecule has 0 unspecified atom stereocenters. The molecule has 0 saturated carbocycles. The van der Waals surface area contributed by atoms with E-state index in [4.69, 9.17) is 4.74 Å². The number of hydrogen-bond donors (Lipinski definition) is 0. The summed E-state index contributed by atoms with van der Waals surface area (Å²) in [5, 5.41) is 0. The number of rotatable bonds is 2. The van der Waals surface area contributed by atoms with Crippen LogP contribution in [-0.4, -0.2) is 0 Å². The van der Waals surface area contributed by atoms with Crippen LogP contribution in [0.1, 0.15) is 29.2 Å². The van der Waals surface area contributed by atoms with Crippen molar-refractivity contribution in [2.24, 2.45) is 0 Å². The van der Waals surface area contributed by atoms with Crippen LogP contribution in [0, 0.1) is 6.92 Å². The van der Waals surface area contributed by atoms with Crippen molar-refractivity contribution < 1.29 is 4.74 Å². The summed E-state index contributed by atoms with van der Waals surface area (Å²) in [7, 11) is 0. The topological polar surface area (TPSA) is 9.23 Å². The Morgan fingerprint density at radius 2 is 1.65 bits per heavy atom. The van der Waals surface area contributed by atoms with E-state index in [1.807, 2.05) is 6.07 Å². The SMILES string of the molecule is CCc1ccc2c(c1-c1ccccc1C)Cc1ccccc1O2. The van der Waals surface area contributed by atoms with E-state index in [1.165, 1.54) is 33.4 Å². The van der Waals surface area contributed by atoms with E-state index >= 15 is 0 Å². The van der Waals surface area contributed by atoms with Crippen molar-refractivity contribution in [1.29, 1.82) is 0 Å². The summed E-state index contributed by atoms with van der Waals surface area (Å²) >= 11 is 0. The number of ether oxygens (including phenoxy) is 1. The molecule has 0 fully saturated rings. The van der Waals surface area contributed by atoms with Gasteiger partial charge >= 0.3 is 0 Å². The van der Waals surface area contributed by atoms with Gasteiger partial charge in [-0.25, -0.2) is 0 Å². The highest BCUT2D eigenvalue weighted by Gasteiger charge is 2.22. The van der Waals surface area contributed by atoms with Gasteiger partial charge in [0.2, 0.25) is 0 Å². The molecule has 0 N–H and O–H groups in total. The number of para-hydroxylation sites is 1. The molecular weight excluding hydrogens is 280 g/mol. The minimum Gasteiger partial charge on any atom is -0.457 e. The summed E-state index contributed by atoms with van der Waals surface area (Å²) in [5.74, 6) is 1.99. The van der Waals surface area contributed by atoms with Crippen molar-refractivity contribution in [3.05, 3.63) is 82.9 Å². The van der Waals surface area contributed by atoms with Gasteiger partial charge in [0.15, 0.2) is 0 Å². The Morgan fingerprint density at radius 1 is 0.870 bits per heavy atom. The number of benzene rings is 3. The Bertz CT molecular complexity index is 877. The zero-order chi connectivity index (χ0) is 15.8. The number of hydrogen-bond acceptors (Lipinski definition) is 1. The van der Waals surface area contributed by atoms with Crippen LogP contribution in [0.5, 0.6) is 11.5 Å². The van der Waals surface area contributed by atoms with E-state index in [2.05, 4.69) is 68.4 Å². The van der Waals surface area contributed by atoms with Crippen LogP contribution in [0.3, 0.4) is 0 Å². The Balaban J connectivity index is 1.95. The van der Waals surface area contributed by atoms with Crippen LogP contribution in [0.2, 0.25) is 0 Å². The molecule has 23 heavy (non-hydrogen) atoms. The third-order valence-corrected chi connectivity index (χ3v) is 4.71. The van der Waals surface area contributed by atoms with Crippen LogP contribution >= 0.6 is 0 Å². The van der Waals surface area contributed by atoms with Gasteiger partial charge in [-0.15, -0.1) is 0 Å². The highest BCUT2D eigenvalue weighted by atomic mass is 16.5. The van der Waals surface area contributed by atoms with Gasteiger partial charge in [0, 0.05) is 12.0 Å². The minimum atomic E-state index is 0.934. The Kier molecular flexibility index (Phi) is 3.42. The summed E-state index contributed by atoms with van der Waals surface area (Å²) in [4.78, 5) is 0. The van der Waals surface area contributed by atoms with Crippen molar-refractivity contribution in [2.45, 2.75) is 26.7 Å². The van der Waals surface area contributed by atoms with E-state index in [0.717, 1.165) is 24.3 Å². The lowest BCUT2D eigenvalue weighted by Crippen LogP contribution is -2.06. The maximum Gasteiger partial charge on any atom is 0.131 e. The molecule has 1 heterocycles. The summed E-state index contributed by atoms with van der Waals surface area (Å²) < 4.78 is 6.18. The Hall–Kier alpha value is -2.54. The molecule has 0 bridgehead atoms. The van der Waals surface area contributed by atoms with Crippen LogP contribution in [0.25, 0.3) is 11.1 Å². The molecule has 0 atom stereocenters. The van der Waals surface area contributed by atoms with E-state index in [9.17, 15) is 0 Å². The first kappa shape index (κ1) is 14.1. The number of fused-ring (bicyclic) bond motifs is 2. The first-order valence-electron chi connectivity index (χ1n) is 8.24. The molecule has 0 amide bonds. The normalized spacial score (nSPS) is 12.3. The van der Waals surface area contributed by atoms with Gasteiger partial charge in [-0.1, -0.05) is 55.5 Å². The molecule has 0 aliphatic carbocycles. The second-order valence-electron chi connectivity index (χ2n) is 6.13. The molecule has 1 aliphatic rings. The molecule has 0 saturated heterocycles. The maximum atomic E-state index is 6.18. The van der Waals surface area contributed by atoms with Gasteiger partial charge < -0.3 is 4.74 Å². The van der Waals surface area contributed by atoms with Crippen molar-refractivity contribution in [3.8, 4) is 22.6 Å². The van der Waals surface area contributed by atoms with E-state index in [0.29, 0.717) is 0 Å². The molecular formula is C22H20O. The lowest BCUT2D eigenvalue weighted by Gasteiger charge is -2.25. The van der Waals surface area contributed by atoms with Crippen molar-refractivity contribution in [3.63, 3.8) is 0 Å². The standard InChI is InChI=1S/C22H20O/c1-3-16-12-13-21-19(14-17-9-5-7-11-20(17)23-21)22(16)18-10-6-4-8-15(18)2/h4-13H,3,14H2,1-2H3. The predicted molar refractivity (Wildman–Crippen MR) is 95.3 cm³/mol. The Labute approximate surface area is 137 Å². The molecule has 1 aliphatic heterocycles. The van der Waals surface area contributed by atoms with Crippen LogP contribution in [0.15, 0.2) is 60.7 Å². The molecule has 4 rings (SSSR count). The van der Waals surface area contributed by atoms with Gasteiger partial charge in [0.05, 0.1) is 0 Å². The van der Waals surface area contributed by atoms with Gasteiger partial charge in [-0.3, -0.25) is 0 Å². The van der Waals surface area contributed by atoms with E-state index in [1.54, 1.807) is 0 Å². The third kappa shape index (κ3) is 2.33. The minimum absolute atomic E-state index is 0.934. The van der Waals surface area contributed by atoms with Crippen LogP contribution < -0.4 is 4.74 Å². The maximum absolute atomic E-state index is 6.18. The van der Waals surface area contributed by atoms with Crippen molar-refractivity contribution in [2.75, 3.05) is 0 Å². The highest BCUT2D eigenvalue weighted by Crippen LogP contribution is 2.43. The second-order valence-corrected chi connectivity index (χ2v) is 6.13.